The molecule has 34 heavy (non-hydrogen) atoms. The van der Waals surface area contributed by atoms with Crippen molar-refractivity contribution in [2.24, 2.45) is 0 Å². The molecule has 8 heteroatoms. The lowest BCUT2D eigenvalue weighted by molar-refractivity contribution is -0.116. The van der Waals surface area contributed by atoms with E-state index < -0.39 is 5.97 Å². The topological polar surface area (TPSA) is 90.3 Å². The molecule has 0 spiro atoms. The van der Waals surface area contributed by atoms with Crippen molar-refractivity contribution >= 4 is 39.1 Å². The fourth-order valence-electron chi connectivity index (χ4n) is 3.54. The third-order valence-electron chi connectivity index (χ3n) is 5.29. The summed E-state index contributed by atoms with van der Waals surface area (Å²) in [6.07, 6.45) is 2.13. The van der Waals surface area contributed by atoms with Crippen LogP contribution in [0.25, 0.3) is 21.3 Å². The Bertz CT molecular complexity index is 1390. The maximum absolute atomic E-state index is 13.2. The van der Waals surface area contributed by atoms with Gasteiger partial charge in [-0.25, -0.2) is 9.78 Å². The molecule has 4 rings (SSSR count). The Kier molecular flexibility index (Phi) is 6.88. The number of esters is 1. The first-order valence-electron chi connectivity index (χ1n) is 11.0. The highest BCUT2D eigenvalue weighted by Crippen LogP contribution is 2.30. The van der Waals surface area contributed by atoms with Crippen LogP contribution < -0.4 is 10.9 Å². The van der Waals surface area contributed by atoms with Gasteiger partial charge in [0.2, 0.25) is 5.91 Å². The zero-order valence-corrected chi connectivity index (χ0v) is 20.0. The lowest BCUT2D eigenvalue weighted by Crippen LogP contribution is -2.27. The standard InChI is InChI=1S/C26H25N3O4S/c1-4-17-5-7-18(8-6-17)21-14-34-24-23(21)25(31)29(15-27-24)13-22(30)28-20-11-9-19(10-12-20)26(32)33-16(2)3/h5-12,14-16H,4,13H2,1-3H3,(H,28,30). The van der Waals surface area contributed by atoms with Gasteiger partial charge in [-0.1, -0.05) is 31.2 Å². The first-order valence-corrected chi connectivity index (χ1v) is 11.9. The second-order valence-corrected chi connectivity index (χ2v) is 9.00. The second kappa shape index (κ2) is 10.0. The van der Waals surface area contributed by atoms with Gasteiger partial charge >= 0.3 is 5.97 Å². The molecule has 0 radical (unpaired) electrons. The smallest absolute Gasteiger partial charge is 0.338 e. The minimum atomic E-state index is -0.422. The second-order valence-electron chi connectivity index (χ2n) is 8.14. The Morgan fingerprint density at radius 1 is 1.09 bits per heavy atom. The molecular weight excluding hydrogens is 450 g/mol. The normalized spacial score (nSPS) is 11.1. The highest BCUT2D eigenvalue weighted by atomic mass is 32.1. The van der Waals surface area contributed by atoms with E-state index in [-0.39, 0.29) is 24.1 Å². The number of thiophene rings is 1. The minimum Gasteiger partial charge on any atom is -0.459 e. The third kappa shape index (κ3) is 5.07. The number of nitrogens with one attached hydrogen (secondary N) is 1. The van der Waals surface area contributed by atoms with Crippen LogP contribution in [0.15, 0.2) is 65.0 Å². The number of benzene rings is 2. The monoisotopic (exact) mass is 475 g/mol. The van der Waals surface area contributed by atoms with Gasteiger partial charge in [0, 0.05) is 16.6 Å². The number of amides is 1. The number of carbonyl (C=O) groups is 2. The van der Waals surface area contributed by atoms with Crippen molar-refractivity contribution < 1.29 is 14.3 Å². The zero-order valence-electron chi connectivity index (χ0n) is 19.2. The highest BCUT2D eigenvalue weighted by Gasteiger charge is 2.15. The fourth-order valence-corrected chi connectivity index (χ4v) is 4.45. The van der Waals surface area contributed by atoms with Crippen molar-refractivity contribution in [3.63, 3.8) is 0 Å². The van der Waals surface area contributed by atoms with Crippen LogP contribution in [0.3, 0.4) is 0 Å². The van der Waals surface area contributed by atoms with Crippen LogP contribution >= 0.6 is 11.3 Å². The number of ether oxygens (including phenoxy) is 1. The molecule has 0 bridgehead atoms. The van der Waals surface area contributed by atoms with E-state index in [9.17, 15) is 14.4 Å². The zero-order chi connectivity index (χ0) is 24.2. The molecule has 0 saturated heterocycles. The van der Waals surface area contributed by atoms with Crippen LogP contribution in [0.4, 0.5) is 5.69 Å². The maximum Gasteiger partial charge on any atom is 0.338 e. The molecule has 1 amide bonds. The number of hydrogen-bond donors (Lipinski definition) is 1. The molecule has 0 atom stereocenters. The summed E-state index contributed by atoms with van der Waals surface area (Å²) < 4.78 is 6.47. The van der Waals surface area contributed by atoms with Crippen molar-refractivity contribution in [3.8, 4) is 11.1 Å². The molecule has 2 aromatic heterocycles. The number of rotatable bonds is 7. The van der Waals surface area contributed by atoms with Gasteiger partial charge in [0.05, 0.1) is 23.4 Å². The molecule has 2 aromatic carbocycles. The number of fused-ring (bicyclic) bond motifs is 1. The summed E-state index contributed by atoms with van der Waals surface area (Å²) in [5, 5.41) is 5.19. The molecule has 2 heterocycles. The van der Waals surface area contributed by atoms with E-state index in [2.05, 4.69) is 29.4 Å². The summed E-state index contributed by atoms with van der Waals surface area (Å²) in [4.78, 5) is 42.8. The molecule has 0 fully saturated rings. The van der Waals surface area contributed by atoms with Crippen LogP contribution in [0.5, 0.6) is 0 Å². The molecule has 0 unspecified atom stereocenters. The highest BCUT2D eigenvalue weighted by molar-refractivity contribution is 7.17. The van der Waals surface area contributed by atoms with E-state index in [0.717, 1.165) is 17.5 Å². The van der Waals surface area contributed by atoms with Crippen molar-refractivity contribution in [2.75, 3.05) is 5.32 Å². The SMILES string of the molecule is CCc1ccc(-c2csc3ncn(CC(=O)Nc4ccc(C(=O)OC(C)C)cc4)c(=O)c23)cc1. The number of hydrogen-bond acceptors (Lipinski definition) is 6. The number of carbonyl (C=O) groups excluding carboxylic acids is 2. The molecule has 0 aliphatic heterocycles. The first-order chi connectivity index (χ1) is 16.4. The predicted molar refractivity (Wildman–Crippen MR) is 134 cm³/mol. The minimum absolute atomic E-state index is 0.178. The van der Waals surface area contributed by atoms with Crippen molar-refractivity contribution in [3.05, 3.63) is 81.7 Å². The molecular formula is C26H25N3O4S. The van der Waals surface area contributed by atoms with Crippen LogP contribution in [-0.2, 0) is 22.5 Å². The maximum atomic E-state index is 13.2. The van der Waals surface area contributed by atoms with E-state index in [4.69, 9.17) is 4.74 Å². The average Bonchev–Trinajstić information content (AvgIpc) is 3.26. The van der Waals surface area contributed by atoms with E-state index >= 15 is 0 Å². The summed E-state index contributed by atoms with van der Waals surface area (Å²) >= 11 is 1.41. The summed E-state index contributed by atoms with van der Waals surface area (Å²) in [6, 6.07) is 14.5. The number of nitrogens with zero attached hydrogens (tertiary/aromatic N) is 2. The van der Waals surface area contributed by atoms with Crippen LogP contribution in [-0.4, -0.2) is 27.5 Å². The summed E-state index contributed by atoms with van der Waals surface area (Å²) in [5.41, 5.74) is 3.64. The van der Waals surface area contributed by atoms with Crippen molar-refractivity contribution in [1.29, 1.82) is 0 Å². The fraction of sp³-hybridized carbons (Fsp3) is 0.231. The Balaban J connectivity index is 1.52. The van der Waals surface area contributed by atoms with Crippen LogP contribution in [0.1, 0.15) is 36.7 Å². The third-order valence-corrected chi connectivity index (χ3v) is 6.18. The van der Waals surface area contributed by atoms with E-state index in [1.807, 2.05) is 17.5 Å². The molecule has 7 nitrogen and oxygen atoms in total. The van der Waals surface area contributed by atoms with Gasteiger partial charge in [0.15, 0.2) is 0 Å². The Hall–Kier alpha value is -3.78. The largest absolute Gasteiger partial charge is 0.459 e. The van der Waals surface area contributed by atoms with Gasteiger partial charge in [-0.15, -0.1) is 11.3 Å². The summed E-state index contributed by atoms with van der Waals surface area (Å²) in [6.45, 7) is 5.48. The molecule has 0 aliphatic rings. The Morgan fingerprint density at radius 2 is 1.79 bits per heavy atom. The summed E-state index contributed by atoms with van der Waals surface area (Å²) in [7, 11) is 0. The van der Waals surface area contributed by atoms with Crippen molar-refractivity contribution in [2.45, 2.75) is 39.8 Å². The summed E-state index contributed by atoms with van der Waals surface area (Å²) in [5.74, 6) is -0.792. The van der Waals surface area contributed by atoms with Gasteiger partial charge in [-0.05, 0) is 55.7 Å². The van der Waals surface area contributed by atoms with Gasteiger partial charge in [0.25, 0.3) is 5.56 Å². The lowest BCUT2D eigenvalue weighted by atomic mass is 10.0. The van der Waals surface area contributed by atoms with Gasteiger partial charge in [0.1, 0.15) is 11.4 Å². The van der Waals surface area contributed by atoms with Crippen LogP contribution in [0, 0.1) is 0 Å². The van der Waals surface area contributed by atoms with Crippen molar-refractivity contribution in [1.82, 2.24) is 9.55 Å². The van der Waals surface area contributed by atoms with Gasteiger partial charge < -0.3 is 10.1 Å². The number of aryl methyl sites for hydroxylation is 1. The first kappa shape index (κ1) is 23.4. The molecule has 174 valence electrons. The lowest BCUT2D eigenvalue weighted by Gasteiger charge is -2.10. The van der Waals surface area contributed by atoms with E-state index in [0.29, 0.717) is 21.5 Å². The number of aromatic nitrogens is 2. The molecule has 4 aromatic rings. The van der Waals surface area contributed by atoms with Crippen LogP contribution in [0.2, 0.25) is 0 Å². The molecule has 0 saturated carbocycles. The van der Waals surface area contributed by atoms with E-state index in [1.165, 1.54) is 27.8 Å². The Morgan fingerprint density at radius 3 is 2.44 bits per heavy atom. The Labute approximate surface area is 201 Å². The molecule has 1 N–H and O–H groups in total. The molecule has 0 aliphatic carbocycles. The average molecular weight is 476 g/mol. The van der Waals surface area contributed by atoms with Gasteiger partial charge in [-0.2, -0.15) is 0 Å². The van der Waals surface area contributed by atoms with E-state index in [1.54, 1.807) is 38.1 Å². The van der Waals surface area contributed by atoms with Gasteiger partial charge in [-0.3, -0.25) is 14.2 Å². The number of anilines is 1. The predicted octanol–water partition coefficient (Wildman–Crippen LogP) is 4.89. The quantitative estimate of drug-likeness (QED) is 0.384.